The smallest absolute Gasteiger partial charge is 0.316 e. The van der Waals surface area contributed by atoms with Gasteiger partial charge in [-0.2, -0.15) is 0 Å². The molecule has 1 aliphatic rings. The molecule has 0 aromatic heterocycles. The highest BCUT2D eigenvalue weighted by Crippen LogP contribution is 2.31. The predicted octanol–water partition coefficient (Wildman–Crippen LogP) is 1.54. The highest BCUT2D eigenvalue weighted by molar-refractivity contribution is 5.77. The summed E-state index contributed by atoms with van der Waals surface area (Å²) in [6.45, 7) is 2.97. The number of rotatable bonds is 5. The molecule has 1 aromatic rings. The number of aliphatic carboxylic acids is 1. The molecule has 0 atom stereocenters. The Labute approximate surface area is 112 Å². The second-order valence-electron chi connectivity index (χ2n) is 5.09. The van der Waals surface area contributed by atoms with E-state index in [1.165, 1.54) is 0 Å². The Morgan fingerprint density at radius 2 is 2.21 bits per heavy atom. The number of carboxylic acid groups (broad SMARTS) is 1. The van der Waals surface area contributed by atoms with Crippen LogP contribution in [-0.4, -0.2) is 45.0 Å². The largest absolute Gasteiger partial charge is 0.496 e. The lowest BCUT2D eigenvalue weighted by molar-refractivity contribution is -0.177. The van der Waals surface area contributed by atoms with Crippen molar-refractivity contribution in [2.75, 3.05) is 38.8 Å². The molecule has 1 saturated heterocycles. The van der Waals surface area contributed by atoms with E-state index >= 15 is 0 Å². The number of benzene rings is 1. The maximum absolute atomic E-state index is 11.3. The Morgan fingerprint density at radius 3 is 2.63 bits per heavy atom. The number of ether oxygens (including phenoxy) is 2. The van der Waals surface area contributed by atoms with Crippen LogP contribution in [0.3, 0.4) is 0 Å². The van der Waals surface area contributed by atoms with Crippen molar-refractivity contribution in [3.8, 4) is 5.75 Å². The zero-order valence-corrected chi connectivity index (χ0v) is 11.5. The summed E-state index contributed by atoms with van der Waals surface area (Å²) in [6.07, 6.45) is 0. The van der Waals surface area contributed by atoms with Crippen molar-refractivity contribution >= 4 is 11.7 Å². The molecular formula is C14H19NO4. The number of hydrogen-bond donors (Lipinski definition) is 1. The van der Waals surface area contributed by atoms with Gasteiger partial charge in [-0.1, -0.05) is 0 Å². The van der Waals surface area contributed by atoms with Gasteiger partial charge in [-0.15, -0.1) is 0 Å². The standard InChI is InChI=1S/C14H19NO4/c1-10-6-11(4-5-12(10)18-3)15(2)7-14(13(16)17)8-19-9-14/h4-6H,7-9H2,1-3H3,(H,16,17). The summed E-state index contributed by atoms with van der Waals surface area (Å²) in [4.78, 5) is 13.3. The van der Waals surface area contributed by atoms with E-state index in [9.17, 15) is 9.90 Å². The van der Waals surface area contributed by atoms with E-state index in [1.807, 2.05) is 37.1 Å². The molecule has 1 aromatic carbocycles. The van der Waals surface area contributed by atoms with Gasteiger partial charge < -0.3 is 19.5 Å². The van der Waals surface area contributed by atoms with Crippen molar-refractivity contribution in [1.82, 2.24) is 0 Å². The molecule has 5 nitrogen and oxygen atoms in total. The number of nitrogens with zero attached hydrogens (tertiary/aromatic N) is 1. The van der Waals surface area contributed by atoms with Crippen LogP contribution in [0.4, 0.5) is 5.69 Å². The van der Waals surface area contributed by atoms with E-state index in [-0.39, 0.29) is 13.2 Å². The third kappa shape index (κ3) is 2.51. The number of carboxylic acids is 1. The van der Waals surface area contributed by atoms with Gasteiger partial charge in [0.1, 0.15) is 11.2 Å². The van der Waals surface area contributed by atoms with Gasteiger partial charge in [0.2, 0.25) is 0 Å². The van der Waals surface area contributed by atoms with E-state index in [2.05, 4.69) is 0 Å². The van der Waals surface area contributed by atoms with Crippen LogP contribution in [0.1, 0.15) is 5.56 Å². The molecule has 0 radical (unpaired) electrons. The highest BCUT2D eigenvalue weighted by atomic mass is 16.5. The second-order valence-corrected chi connectivity index (χ2v) is 5.09. The second kappa shape index (κ2) is 5.09. The first-order valence-electron chi connectivity index (χ1n) is 6.15. The fourth-order valence-corrected chi connectivity index (χ4v) is 2.28. The van der Waals surface area contributed by atoms with Gasteiger partial charge in [0.25, 0.3) is 0 Å². The molecule has 5 heteroatoms. The number of hydrogen-bond acceptors (Lipinski definition) is 4. The fraction of sp³-hybridized carbons (Fsp3) is 0.500. The van der Waals surface area contributed by atoms with Gasteiger partial charge in [0.05, 0.1) is 20.3 Å². The zero-order valence-electron chi connectivity index (χ0n) is 11.5. The number of anilines is 1. The van der Waals surface area contributed by atoms with Crippen LogP contribution in [0.5, 0.6) is 5.75 Å². The fourth-order valence-electron chi connectivity index (χ4n) is 2.28. The van der Waals surface area contributed by atoms with E-state index < -0.39 is 11.4 Å². The summed E-state index contributed by atoms with van der Waals surface area (Å²) < 4.78 is 10.3. The van der Waals surface area contributed by atoms with Crippen molar-refractivity contribution < 1.29 is 19.4 Å². The number of aryl methyl sites for hydroxylation is 1. The lowest BCUT2D eigenvalue weighted by Crippen LogP contribution is -2.55. The normalized spacial score (nSPS) is 16.6. The molecule has 1 fully saturated rings. The summed E-state index contributed by atoms with van der Waals surface area (Å²) in [5.74, 6) is 0.0351. The first-order valence-corrected chi connectivity index (χ1v) is 6.15. The van der Waals surface area contributed by atoms with Crippen molar-refractivity contribution in [2.45, 2.75) is 6.92 Å². The third-order valence-corrected chi connectivity index (χ3v) is 3.57. The molecule has 0 bridgehead atoms. The van der Waals surface area contributed by atoms with E-state index in [1.54, 1.807) is 7.11 Å². The summed E-state index contributed by atoms with van der Waals surface area (Å²) in [5, 5.41) is 9.29. The molecule has 0 unspecified atom stereocenters. The number of carbonyl (C=O) groups is 1. The molecule has 104 valence electrons. The van der Waals surface area contributed by atoms with Crippen LogP contribution in [0, 0.1) is 12.3 Å². The van der Waals surface area contributed by atoms with Crippen LogP contribution in [-0.2, 0) is 9.53 Å². The molecule has 1 heterocycles. The average Bonchev–Trinajstić information content (AvgIpc) is 2.32. The van der Waals surface area contributed by atoms with Crippen LogP contribution in [0.2, 0.25) is 0 Å². The van der Waals surface area contributed by atoms with E-state index in [0.717, 1.165) is 17.0 Å². The van der Waals surface area contributed by atoms with Gasteiger partial charge in [-0.05, 0) is 30.7 Å². The van der Waals surface area contributed by atoms with Crippen molar-refractivity contribution in [2.24, 2.45) is 5.41 Å². The molecule has 19 heavy (non-hydrogen) atoms. The zero-order chi connectivity index (χ0) is 14.0. The average molecular weight is 265 g/mol. The highest BCUT2D eigenvalue weighted by Gasteiger charge is 2.47. The first-order chi connectivity index (χ1) is 8.98. The molecule has 0 saturated carbocycles. The van der Waals surface area contributed by atoms with Gasteiger partial charge >= 0.3 is 5.97 Å². The SMILES string of the molecule is COc1ccc(N(C)CC2(C(=O)O)COC2)cc1C. The van der Waals surface area contributed by atoms with Crippen LogP contribution < -0.4 is 9.64 Å². The predicted molar refractivity (Wildman–Crippen MR) is 71.9 cm³/mol. The minimum absolute atomic E-state index is 0.280. The maximum atomic E-state index is 11.3. The Bertz CT molecular complexity index is 482. The van der Waals surface area contributed by atoms with E-state index in [4.69, 9.17) is 9.47 Å². The monoisotopic (exact) mass is 265 g/mol. The Hall–Kier alpha value is -1.75. The minimum atomic E-state index is -0.796. The van der Waals surface area contributed by atoms with Crippen molar-refractivity contribution in [1.29, 1.82) is 0 Å². The topological polar surface area (TPSA) is 59.0 Å². The molecule has 0 spiro atoms. The van der Waals surface area contributed by atoms with E-state index in [0.29, 0.717) is 6.54 Å². The van der Waals surface area contributed by atoms with Gasteiger partial charge in [-0.25, -0.2) is 0 Å². The van der Waals surface area contributed by atoms with Gasteiger partial charge in [0.15, 0.2) is 0 Å². The van der Waals surface area contributed by atoms with Crippen LogP contribution in [0.15, 0.2) is 18.2 Å². The Balaban J connectivity index is 2.13. The molecular weight excluding hydrogens is 246 g/mol. The maximum Gasteiger partial charge on any atom is 0.316 e. The Morgan fingerprint density at radius 1 is 1.53 bits per heavy atom. The molecule has 2 rings (SSSR count). The van der Waals surface area contributed by atoms with Crippen LogP contribution in [0.25, 0.3) is 0 Å². The van der Waals surface area contributed by atoms with Crippen molar-refractivity contribution in [3.63, 3.8) is 0 Å². The third-order valence-electron chi connectivity index (χ3n) is 3.57. The van der Waals surface area contributed by atoms with Crippen molar-refractivity contribution in [3.05, 3.63) is 23.8 Å². The Kier molecular flexibility index (Phi) is 3.66. The summed E-state index contributed by atoms with van der Waals surface area (Å²) in [6, 6.07) is 5.82. The quantitative estimate of drug-likeness (QED) is 0.875. The summed E-state index contributed by atoms with van der Waals surface area (Å²) >= 11 is 0. The lowest BCUT2D eigenvalue weighted by atomic mass is 9.85. The summed E-state index contributed by atoms with van der Waals surface area (Å²) in [5.41, 5.74) is 1.23. The van der Waals surface area contributed by atoms with Gasteiger partial charge in [0, 0.05) is 19.3 Å². The lowest BCUT2D eigenvalue weighted by Gasteiger charge is -2.40. The molecule has 1 aliphatic heterocycles. The number of methoxy groups -OCH3 is 1. The molecule has 0 aliphatic carbocycles. The van der Waals surface area contributed by atoms with Crippen LogP contribution >= 0.6 is 0 Å². The van der Waals surface area contributed by atoms with Gasteiger partial charge in [-0.3, -0.25) is 4.79 Å². The molecule has 1 N–H and O–H groups in total. The minimum Gasteiger partial charge on any atom is -0.496 e. The summed E-state index contributed by atoms with van der Waals surface area (Å²) in [7, 11) is 3.53. The molecule has 0 amide bonds. The first kappa shape index (κ1) is 13.7.